The third-order valence-corrected chi connectivity index (χ3v) is 5.15. The molecule has 0 radical (unpaired) electrons. The summed E-state index contributed by atoms with van der Waals surface area (Å²) in [5, 5.41) is 3.22. The van der Waals surface area contributed by atoms with E-state index in [4.69, 9.17) is 4.74 Å². The number of nitrogens with zero attached hydrogens (tertiary/aromatic N) is 5. The molecule has 0 spiro atoms. The van der Waals surface area contributed by atoms with Crippen molar-refractivity contribution in [2.75, 3.05) is 43.0 Å². The topological polar surface area (TPSA) is 83.5 Å². The van der Waals surface area contributed by atoms with E-state index in [1.165, 1.54) is 0 Å². The van der Waals surface area contributed by atoms with Gasteiger partial charge in [0, 0.05) is 38.4 Å². The highest BCUT2D eigenvalue weighted by atomic mass is 16.5. The highest BCUT2D eigenvalue weighted by Gasteiger charge is 2.23. The molecule has 0 bridgehead atoms. The molecule has 1 amide bonds. The molecule has 0 unspecified atom stereocenters. The SMILES string of the molecule is Cc1nc(Nc2ccccn2)cc(N2CCN(C(=O)COc3ccccc3C)CC2)n1. The van der Waals surface area contributed by atoms with Gasteiger partial charge in [0.1, 0.15) is 29.0 Å². The smallest absolute Gasteiger partial charge is 0.260 e. The first-order chi connectivity index (χ1) is 15.1. The number of hydrogen-bond acceptors (Lipinski definition) is 7. The van der Waals surface area contributed by atoms with E-state index in [2.05, 4.69) is 25.2 Å². The number of aromatic nitrogens is 3. The van der Waals surface area contributed by atoms with E-state index in [0.29, 0.717) is 37.8 Å². The minimum atomic E-state index is -0.000668. The summed E-state index contributed by atoms with van der Waals surface area (Å²) in [4.78, 5) is 29.9. The number of benzene rings is 1. The normalized spacial score (nSPS) is 13.7. The van der Waals surface area contributed by atoms with E-state index < -0.39 is 0 Å². The van der Waals surface area contributed by atoms with E-state index in [1.807, 2.05) is 67.3 Å². The molecule has 1 aliphatic rings. The van der Waals surface area contributed by atoms with E-state index in [1.54, 1.807) is 6.20 Å². The second kappa shape index (κ2) is 9.42. The van der Waals surface area contributed by atoms with Gasteiger partial charge < -0.3 is 19.9 Å². The van der Waals surface area contributed by atoms with Gasteiger partial charge in [0.15, 0.2) is 6.61 Å². The predicted octanol–water partition coefficient (Wildman–Crippen LogP) is 2.96. The quantitative estimate of drug-likeness (QED) is 0.659. The first kappa shape index (κ1) is 20.6. The second-order valence-electron chi connectivity index (χ2n) is 7.42. The molecule has 1 aromatic carbocycles. The lowest BCUT2D eigenvalue weighted by Crippen LogP contribution is -2.50. The average molecular weight is 419 g/mol. The number of carbonyl (C=O) groups is 1. The molecule has 3 aromatic rings. The van der Waals surface area contributed by atoms with E-state index >= 15 is 0 Å². The summed E-state index contributed by atoms with van der Waals surface area (Å²) in [5.74, 6) is 3.70. The van der Waals surface area contributed by atoms with Crippen LogP contribution in [0.25, 0.3) is 0 Å². The lowest BCUT2D eigenvalue weighted by atomic mass is 10.2. The molecule has 3 heterocycles. The molecule has 1 aliphatic heterocycles. The first-order valence-electron chi connectivity index (χ1n) is 10.3. The molecular weight excluding hydrogens is 392 g/mol. The number of anilines is 3. The van der Waals surface area contributed by atoms with Gasteiger partial charge >= 0.3 is 0 Å². The van der Waals surface area contributed by atoms with Crippen molar-refractivity contribution in [2.24, 2.45) is 0 Å². The van der Waals surface area contributed by atoms with Gasteiger partial charge in [-0.15, -0.1) is 0 Å². The number of pyridine rings is 1. The molecule has 8 nitrogen and oxygen atoms in total. The fourth-order valence-corrected chi connectivity index (χ4v) is 3.48. The molecule has 4 rings (SSSR count). The Bertz CT molecular complexity index is 1040. The van der Waals surface area contributed by atoms with Gasteiger partial charge in [-0.2, -0.15) is 0 Å². The second-order valence-corrected chi connectivity index (χ2v) is 7.42. The summed E-state index contributed by atoms with van der Waals surface area (Å²) in [6, 6.07) is 15.3. The molecule has 1 fully saturated rings. The van der Waals surface area contributed by atoms with Gasteiger partial charge in [-0.05, 0) is 37.6 Å². The Balaban J connectivity index is 1.34. The van der Waals surface area contributed by atoms with E-state index in [9.17, 15) is 4.79 Å². The van der Waals surface area contributed by atoms with Gasteiger partial charge in [0.05, 0.1) is 0 Å². The lowest BCUT2D eigenvalue weighted by molar-refractivity contribution is -0.133. The monoisotopic (exact) mass is 418 g/mol. The van der Waals surface area contributed by atoms with Crippen LogP contribution in [-0.2, 0) is 4.79 Å². The highest BCUT2D eigenvalue weighted by Crippen LogP contribution is 2.20. The van der Waals surface area contributed by atoms with Gasteiger partial charge in [-0.25, -0.2) is 15.0 Å². The summed E-state index contributed by atoms with van der Waals surface area (Å²) in [7, 11) is 0. The van der Waals surface area contributed by atoms with Crippen LogP contribution in [0.3, 0.4) is 0 Å². The molecule has 0 aliphatic carbocycles. The maximum Gasteiger partial charge on any atom is 0.260 e. The minimum Gasteiger partial charge on any atom is -0.484 e. The maximum atomic E-state index is 12.6. The number of ether oxygens (including phenoxy) is 1. The van der Waals surface area contributed by atoms with Gasteiger partial charge in [-0.3, -0.25) is 4.79 Å². The average Bonchev–Trinajstić information content (AvgIpc) is 2.79. The number of piperazine rings is 1. The molecule has 2 aromatic heterocycles. The first-order valence-corrected chi connectivity index (χ1v) is 10.3. The van der Waals surface area contributed by atoms with Crippen LogP contribution >= 0.6 is 0 Å². The fraction of sp³-hybridized carbons (Fsp3) is 0.304. The molecular formula is C23H26N6O2. The number of rotatable bonds is 6. The summed E-state index contributed by atoms with van der Waals surface area (Å²) in [6.45, 7) is 6.56. The standard InChI is InChI=1S/C23H26N6O2/c1-17-7-3-4-8-19(17)31-16-23(30)29-13-11-28(12-14-29)22-15-21(25-18(2)26-22)27-20-9-5-6-10-24-20/h3-10,15H,11-14,16H2,1-2H3,(H,24,25,26,27). The minimum absolute atomic E-state index is 0.000668. The number of aryl methyl sites for hydroxylation is 2. The number of nitrogens with one attached hydrogen (secondary N) is 1. The molecule has 0 saturated carbocycles. The van der Waals surface area contributed by atoms with Crippen LogP contribution in [-0.4, -0.2) is 58.5 Å². The van der Waals surface area contributed by atoms with E-state index in [-0.39, 0.29) is 12.5 Å². The van der Waals surface area contributed by atoms with Crippen LogP contribution < -0.4 is 15.0 Å². The van der Waals surface area contributed by atoms with Crippen LogP contribution in [0.4, 0.5) is 17.5 Å². The molecule has 0 atom stereocenters. The zero-order chi connectivity index (χ0) is 21.6. The number of carbonyl (C=O) groups excluding carboxylic acids is 1. The fourth-order valence-electron chi connectivity index (χ4n) is 3.48. The van der Waals surface area contributed by atoms with Crippen molar-refractivity contribution in [3.8, 4) is 5.75 Å². The Labute approximate surface area is 181 Å². The van der Waals surface area contributed by atoms with Gasteiger partial charge in [0.25, 0.3) is 5.91 Å². The third kappa shape index (κ3) is 5.28. The molecule has 1 N–H and O–H groups in total. The van der Waals surface area contributed by atoms with Crippen molar-refractivity contribution < 1.29 is 9.53 Å². The van der Waals surface area contributed by atoms with Crippen LogP contribution in [0.1, 0.15) is 11.4 Å². The highest BCUT2D eigenvalue weighted by molar-refractivity contribution is 5.78. The van der Waals surface area contributed by atoms with Crippen molar-refractivity contribution in [3.63, 3.8) is 0 Å². The number of amides is 1. The zero-order valence-electron chi connectivity index (χ0n) is 17.8. The molecule has 31 heavy (non-hydrogen) atoms. The Morgan fingerprint density at radius 1 is 1.00 bits per heavy atom. The number of hydrogen-bond donors (Lipinski definition) is 1. The summed E-state index contributed by atoms with van der Waals surface area (Å²) in [5.41, 5.74) is 1.02. The third-order valence-electron chi connectivity index (χ3n) is 5.15. The Morgan fingerprint density at radius 2 is 1.77 bits per heavy atom. The van der Waals surface area contributed by atoms with Crippen LogP contribution in [0.5, 0.6) is 5.75 Å². The van der Waals surface area contributed by atoms with Crippen LogP contribution in [0.2, 0.25) is 0 Å². The van der Waals surface area contributed by atoms with Gasteiger partial charge in [0.2, 0.25) is 0 Å². The summed E-state index contributed by atoms with van der Waals surface area (Å²) in [6.07, 6.45) is 1.73. The zero-order valence-corrected chi connectivity index (χ0v) is 17.8. The maximum absolute atomic E-state index is 12.6. The van der Waals surface area contributed by atoms with Crippen LogP contribution in [0.15, 0.2) is 54.7 Å². The predicted molar refractivity (Wildman–Crippen MR) is 120 cm³/mol. The van der Waals surface area contributed by atoms with E-state index in [0.717, 1.165) is 22.9 Å². The molecule has 1 saturated heterocycles. The van der Waals surface area contributed by atoms with Crippen molar-refractivity contribution in [2.45, 2.75) is 13.8 Å². The van der Waals surface area contributed by atoms with Crippen molar-refractivity contribution in [3.05, 3.63) is 66.1 Å². The molecule has 8 heteroatoms. The largest absolute Gasteiger partial charge is 0.484 e. The van der Waals surface area contributed by atoms with Crippen molar-refractivity contribution >= 4 is 23.4 Å². The van der Waals surface area contributed by atoms with Crippen molar-refractivity contribution in [1.29, 1.82) is 0 Å². The number of para-hydroxylation sites is 1. The summed E-state index contributed by atoms with van der Waals surface area (Å²) < 4.78 is 5.71. The Hall–Kier alpha value is -3.68. The summed E-state index contributed by atoms with van der Waals surface area (Å²) >= 11 is 0. The van der Waals surface area contributed by atoms with Crippen molar-refractivity contribution in [1.82, 2.24) is 19.9 Å². The lowest BCUT2D eigenvalue weighted by Gasteiger charge is -2.35. The van der Waals surface area contributed by atoms with Crippen LogP contribution in [0, 0.1) is 13.8 Å². The Morgan fingerprint density at radius 3 is 2.52 bits per heavy atom. The molecule has 160 valence electrons. The van der Waals surface area contributed by atoms with Gasteiger partial charge in [-0.1, -0.05) is 24.3 Å². The Kier molecular flexibility index (Phi) is 6.26.